The lowest BCUT2D eigenvalue weighted by Gasteiger charge is -2.49. The van der Waals surface area contributed by atoms with Crippen molar-refractivity contribution in [1.82, 2.24) is 30.4 Å². The lowest BCUT2D eigenvalue weighted by Crippen LogP contribution is -2.70. The van der Waals surface area contributed by atoms with E-state index in [2.05, 4.69) is 20.8 Å². The first-order valence-corrected chi connectivity index (χ1v) is 11.0. The maximum atomic E-state index is 12.7. The molecular weight excluding hydrogens is 442 g/mol. The number of carboxylic acid groups (broad SMARTS) is 1. The van der Waals surface area contributed by atoms with Crippen LogP contribution < -0.4 is 5.32 Å². The van der Waals surface area contributed by atoms with Crippen molar-refractivity contribution in [1.29, 1.82) is 5.26 Å². The van der Waals surface area contributed by atoms with Crippen LogP contribution in [0.25, 0.3) is 0 Å². The third kappa shape index (κ3) is 3.87. The maximum absolute atomic E-state index is 12.7. The maximum Gasteiger partial charge on any atom is 0.352 e. The van der Waals surface area contributed by atoms with Gasteiger partial charge in [0.2, 0.25) is 5.16 Å². The molecule has 1 saturated heterocycles. The van der Waals surface area contributed by atoms with Crippen LogP contribution in [0.2, 0.25) is 0 Å². The number of nitriles is 1. The summed E-state index contributed by atoms with van der Waals surface area (Å²) in [4.78, 5) is 38.4. The van der Waals surface area contributed by atoms with Gasteiger partial charge in [0, 0.05) is 24.1 Å². The Morgan fingerprint density at radius 2 is 2.26 bits per heavy atom. The molecule has 2 aromatic rings. The lowest BCUT2D eigenvalue weighted by molar-refractivity contribution is -0.148. The van der Waals surface area contributed by atoms with Gasteiger partial charge in [-0.1, -0.05) is 17.8 Å². The van der Waals surface area contributed by atoms with E-state index >= 15 is 0 Å². The summed E-state index contributed by atoms with van der Waals surface area (Å²) in [6, 6.07) is 7.26. The second-order valence-electron chi connectivity index (χ2n) is 6.68. The number of thioether (sulfide) groups is 2. The number of carbonyl (C=O) groups is 3. The third-order valence-electron chi connectivity index (χ3n) is 4.75. The molecule has 2 atom stereocenters. The highest BCUT2D eigenvalue weighted by Gasteiger charge is 2.54. The Bertz CT molecular complexity index is 1160. The van der Waals surface area contributed by atoms with Gasteiger partial charge in [-0.15, -0.1) is 16.9 Å². The second kappa shape index (κ2) is 8.40. The Morgan fingerprint density at radius 3 is 2.94 bits per heavy atom. The van der Waals surface area contributed by atoms with Crippen LogP contribution in [0.5, 0.6) is 0 Å². The van der Waals surface area contributed by atoms with Crippen LogP contribution in [-0.4, -0.2) is 70.9 Å². The highest BCUT2D eigenvalue weighted by atomic mass is 32.2. The molecule has 2 aliphatic heterocycles. The normalized spacial score (nSPS) is 20.0. The summed E-state index contributed by atoms with van der Waals surface area (Å²) in [5.41, 5.74) is 1.11. The molecule has 0 spiro atoms. The Hall–Kier alpha value is -3.37. The van der Waals surface area contributed by atoms with Crippen molar-refractivity contribution >= 4 is 41.3 Å². The topological polar surface area (TPSA) is 154 Å². The molecule has 0 bridgehead atoms. The van der Waals surface area contributed by atoms with E-state index in [9.17, 15) is 19.5 Å². The van der Waals surface area contributed by atoms with Gasteiger partial charge in [0.25, 0.3) is 11.8 Å². The summed E-state index contributed by atoms with van der Waals surface area (Å²) >= 11 is 2.67. The average molecular weight is 457 g/mol. The first-order valence-electron chi connectivity index (χ1n) is 8.97. The minimum absolute atomic E-state index is 0.0617. The predicted molar refractivity (Wildman–Crippen MR) is 110 cm³/mol. The van der Waals surface area contributed by atoms with E-state index in [4.69, 9.17) is 5.26 Å². The number of rotatable bonds is 6. The molecule has 1 fully saturated rings. The van der Waals surface area contributed by atoms with Crippen LogP contribution in [0.4, 0.5) is 0 Å². The summed E-state index contributed by atoms with van der Waals surface area (Å²) in [7, 11) is 1.68. The fourth-order valence-corrected chi connectivity index (χ4v) is 5.58. The van der Waals surface area contributed by atoms with Crippen molar-refractivity contribution in [2.45, 2.75) is 16.6 Å². The zero-order valence-corrected chi connectivity index (χ0v) is 17.7. The lowest BCUT2D eigenvalue weighted by atomic mass is 10.0. The SMILES string of the molecule is Cn1nnnc1SCC1=C(C(=O)O)N2C(=O)[C@H](NC(=O)c3cccc(C#N)c3)[C@H]2SC1. The first kappa shape index (κ1) is 20.9. The van der Waals surface area contributed by atoms with Crippen LogP contribution in [0.15, 0.2) is 40.7 Å². The van der Waals surface area contributed by atoms with Crippen molar-refractivity contribution in [3.05, 3.63) is 46.7 Å². The molecule has 0 radical (unpaired) electrons. The molecule has 0 aliphatic carbocycles. The van der Waals surface area contributed by atoms with E-state index < -0.39 is 29.2 Å². The number of carboxylic acids is 1. The van der Waals surface area contributed by atoms with Crippen LogP contribution in [0.1, 0.15) is 15.9 Å². The second-order valence-corrected chi connectivity index (χ2v) is 8.73. The number of tetrazole rings is 1. The number of nitrogens with one attached hydrogen (secondary N) is 1. The van der Waals surface area contributed by atoms with E-state index in [0.29, 0.717) is 27.8 Å². The van der Waals surface area contributed by atoms with Gasteiger partial charge < -0.3 is 10.4 Å². The van der Waals surface area contributed by atoms with Crippen molar-refractivity contribution in [3.63, 3.8) is 0 Å². The fraction of sp³-hybridized carbons (Fsp3) is 0.278. The van der Waals surface area contributed by atoms with E-state index in [1.54, 1.807) is 25.2 Å². The Balaban J connectivity index is 1.49. The van der Waals surface area contributed by atoms with Gasteiger partial charge in [-0.2, -0.15) is 5.26 Å². The van der Waals surface area contributed by atoms with Gasteiger partial charge >= 0.3 is 5.97 Å². The van der Waals surface area contributed by atoms with E-state index in [1.165, 1.54) is 39.2 Å². The Morgan fingerprint density at radius 1 is 1.45 bits per heavy atom. The molecular formula is C18H15N7O4S2. The van der Waals surface area contributed by atoms with Gasteiger partial charge in [-0.25, -0.2) is 9.48 Å². The molecule has 13 heteroatoms. The molecule has 11 nitrogen and oxygen atoms in total. The number of hydrogen-bond donors (Lipinski definition) is 2. The standard InChI is InChI=1S/C18H15N7O4S2/c1-24-18(21-22-23-24)31-8-11-7-30-16-12(15(27)25(16)13(11)17(28)29)20-14(26)10-4-2-3-9(5-10)6-19/h2-5,12,16H,7-8H2,1H3,(H,20,26)(H,28,29)/t12-,16+/m0/s1. The van der Waals surface area contributed by atoms with Crippen LogP contribution in [0, 0.1) is 11.3 Å². The van der Waals surface area contributed by atoms with E-state index in [-0.39, 0.29) is 11.3 Å². The summed E-state index contributed by atoms with van der Waals surface area (Å²) < 4.78 is 1.48. The van der Waals surface area contributed by atoms with E-state index in [1.807, 2.05) is 6.07 Å². The molecule has 1 aromatic heterocycles. The third-order valence-corrected chi connectivity index (χ3v) is 7.18. The Labute approximate surface area is 184 Å². The number of carbonyl (C=O) groups excluding carboxylic acids is 2. The minimum atomic E-state index is -1.20. The molecule has 3 heterocycles. The van der Waals surface area contributed by atoms with Crippen molar-refractivity contribution in [2.75, 3.05) is 11.5 Å². The number of hydrogen-bond acceptors (Lipinski definition) is 9. The van der Waals surface area contributed by atoms with E-state index in [0.717, 1.165) is 0 Å². The van der Waals surface area contributed by atoms with Gasteiger partial charge in [0.15, 0.2) is 0 Å². The molecule has 158 valence electrons. The number of benzene rings is 1. The quantitative estimate of drug-likeness (QED) is 0.455. The average Bonchev–Trinajstić information content (AvgIpc) is 3.19. The number of fused-ring (bicyclic) bond motifs is 1. The number of nitrogens with zero attached hydrogens (tertiary/aromatic N) is 6. The largest absolute Gasteiger partial charge is 0.477 e. The number of aromatic nitrogens is 4. The zero-order chi connectivity index (χ0) is 22.1. The van der Waals surface area contributed by atoms with Crippen molar-refractivity contribution in [2.24, 2.45) is 7.05 Å². The molecule has 4 rings (SSSR count). The number of amides is 2. The molecule has 2 N–H and O–H groups in total. The molecule has 0 unspecified atom stereocenters. The smallest absolute Gasteiger partial charge is 0.352 e. The summed E-state index contributed by atoms with van der Waals surface area (Å²) in [5.74, 6) is -1.46. The zero-order valence-electron chi connectivity index (χ0n) is 16.1. The highest BCUT2D eigenvalue weighted by molar-refractivity contribution is 8.01. The van der Waals surface area contributed by atoms with Crippen LogP contribution >= 0.6 is 23.5 Å². The monoisotopic (exact) mass is 457 g/mol. The fourth-order valence-electron chi connectivity index (χ4n) is 3.24. The van der Waals surface area contributed by atoms with Gasteiger partial charge in [-0.05, 0) is 34.2 Å². The molecule has 0 saturated carbocycles. The number of β-lactam (4-membered cyclic amide) rings is 1. The highest BCUT2D eigenvalue weighted by Crippen LogP contribution is 2.41. The van der Waals surface area contributed by atoms with Crippen molar-refractivity contribution in [3.8, 4) is 6.07 Å². The molecule has 1 aromatic carbocycles. The predicted octanol–water partition coefficient (Wildman–Crippen LogP) is 0.226. The van der Waals surface area contributed by atoms with Gasteiger partial charge in [0.05, 0.1) is 11.6 Å². The molecule has 2 amide bonds. The van der Waals surface area contributed by atoms with Gasteiger partial charge in [0.1, 0.15) is 17.1 Å². The number of aryl methyl sites for hydroxylation is 1. The minimum Gasteiger partial charge on any atom is -0.477 e. The van der Waals surface area contributed by atoms with Crippen molar-refractivity contribution < 1.29 is 19.5 Å². The molecule has 31 heavy (non-hydrogen) atoms. The summed E-state index contributed by atoms with van der Waals surface area (Å²) in [6.07, 6.45) is 0. The summed E-state index contributed by atoms with van der Waals surface area (Å²) in [5, 5.41) is 32.5. The van der Waals surface area contributed by atoms with Crippen LogP contribution in [0.3, 0.4) is 0 Å². The number of aliphatic carboxylic acids is 1. The van der Waals surface area contributed by atoms with Crippen LogP contribution in [-0.2, 0) is 16.6 Å². The first-order chi connectivity index (χ1) is 14.9. The molecule has 2 aliphatic rings. The van der Waals surface area contributed by atoms with Gasteiger partial charge in [-0.3, -0.25) is 14.5 Å². The summed E-state index contributed by atoms with van der Waals surface area (Å²) in [6.45, 7) is 0. The Kier molecular flexibility index (Phi) is 5.66.